The van der Waals surface area contributed by atoms with E-state index in [1.165, 1.54) is 6.20 Å². The van der Waals surface area contributed by atoms with Crippen molar-refractivity contribution in [3.8, 4) is 0 Å². The summed E-state index contributed by atoms with van der Waals surface area (Å²) in [4.78, 5) is 22.4. The molecule has 21 heavy (non-hydrogen) atoms. The summed E-state index contributed by atoms with van der Waals surface area (Å²) in [6, 6.07) is 0.438. The van der Waals surface area contributed by atoms with Gasteiger partial charge in [-0.3, -0.25) is 4.90 Å². The number of aromatic nitrogens is 2. The zero-order chi connectivity index (χ0) is 15.4. The molecule has 1 fully saturated rings. The Bertz CT molecular complexity index is 507. The molecule has 1 aliphatic rings. The van der Waals surface area contributed by atoms with Crippen molar-refractivity contribution in [2.75, 3.05) is 32.0 Å². The minimum Gasteiger partial charge on any atom is -0.462 e. The zero-order valence-corrected chi connectivity index (χ0v) is 12.7. The van der Waals surface area contributed by atoms with Gasteiger partial charge in [0, 0.05) is 25.3 Å². The number of nitrogens with zero attached hydrogens (tertiary/aromatic N) is 3. The number of hydrogen-bond donors (Lipinski definition) is 1. The van der Waals surface area contributed by atoms with E-state index >= 15 is 0 Å². The maximum Gasteiger partial charge on any atom is 0.343 e. The van der Waals surface area contributed by atoms with Crippen molar-refractivity contribution in [3.63, 3.8) is 0 Å². The van der Waals surface area contributed by atoms with E-state index < -0.39 is 5.97 Å². The molecule has 7 heteroatoms. The van der Waals surface area contributed by atoms with E-state index in [1.807, 2.05) is 0 Å². The van der Waals surface area contributed by atoms with Crippen LogP contribution in [0.3, 0.4) is 0 Å². The highest BCUT2D eigenvalue weighted by Crippen LogP contribution is 2.22. The van der Waals surface area contributed by atoms with Crippen LogP contribution in [0.5, 0.6) is 0 Å². The van der Waals surface area contributed by atoms with Gasteiger partial charge in [0.2, 0.25) is 0 Å². The molecule has 0 amide bonds. The summed E-state index contributed by atoms with van der Waals surface area (Å²) >= 11 is 0. The van der Waals surface area contributed by atoms with E-state index in [1.54, 1.807) is 6.92 Å². The van der Waals surface area contributed by atoms with Gasteiger partial charge in [-0.05, 0) is 20.8 Å². The van der Waals surface area contributed by atoms with Gasteiger partial charge in [-0.2, -0.15) is 0 Å². The molecule has 0 aliphatic carbocycles. The lowest BCUT2D eigenvalue weighted by molar-refractivity contribution is -0.0442. The summed E-state index contributed by atoms with van der Waals surface area (Å²) in [6.07, 6.45) is 1.19. The molecule has 1 aromatic rings. The predicted octanol–water partition coefficient (Wildman–Crippen LogP) is 1.02. The van der Waals surface area contributed by atoms with Crippen molar-refractivity contribution in [3.05, 3.63) is 17.6 Å². The molecule has 2 heterocycles. The summed E-state index contributed by atoms with van der Waals surface area (Å²) in [5, 5.41) is 0. The van der Waals surface area contributed by atoms with Crippen molar-refractivity contribution in [2.24, 2.45) is 0 Å². The monoisotopic (exact) mass is 294 g/mol. The molecule has 0 spiro atoms. The minimum atomic E-state index is -0.505. The van der Waals surface area contributed by atoms with E-state index in [-0.39, 0.29) is 24.1 Å². The van der Waals surface area contributed by atoms with Gasteiger partial charge in [0.25, 0.3) is 0 Å². The molecule has 1 aromatic heterocycles. The van der Waals surface area contributed by atoms with Crippen molar-refractivity contribution < 1.29 is 14.3 Å². The Morgan fingerprint density at radius 3 is 3.00 bits per heavy atom. The van der Waals surface area contributed by atoms with E-state index in [4.69, 9.17) is 15.2 Å². The SMILES string of the molecule is CCOC(=O)c1cnc(C2CN(C(C)C)CCO2)nc1N. The second-order valence-electron chi connectivity index (χ2n) is 5.20. The molecular weight excluding hydrogens is 272 g/mol. The average molecular weight is 294 g/mol. The third kappa shape index (κ3) is 3.68. The summed E-state index contributed by atoms with van der Waals surface area (Å²) in [7, 11) is 0. The van der Waals surface area contributed by atoms with Crippen LogP contribution >= 0.6 is 0 Å². The quantitative estimate of drug-likeness (QED) is 0.829. The van der Waals surface area contributed by atoms with Crippen molar-refractivity contribution in [1.29, 1.82) is 0 Å². The van der Waals surface area contributed by atoms with Crippen LogP contribution in [0.25, 0.3) is 0 Å². The van der Waals surface area contributed by atoms with Gasteiger partial charge in [0.05, 0.1) is 13.2 Å². The average Bonchev–Trinajstić information content (AvgIpc) is 2.47. The number of morpholine rings is 1. The lowest BCUT2D eigenvalue weighted by atomic mass is 10.2. The van der Waals surface area contributed by atoms with Gasteiger partial charge in [0.15, 0.2) is 5.82 Å². The van der Waals surface area contributed by atoms with E-state index in [0.717, 1.165) is 13.1 Å². The van der Waals surface area contributed by atoms with Crippen molar-refractivity contribution in [2.45, 2.75) is 32.9 Å². The summed E-state index contributed by atoms with van der Waals surface area (Å²) in [5.74, 6) is 0.129. The van der Waals surface area contributed by atoms with Crippen LogP contribution in [0.1, 0.15) is 43.1 Å². The van der Waals surface area contributed by atoms with Gasteiger partial charge in [-0.15, -0.1) is 0 Å². The Hall–Kier alpha value is -1.73. The largest absolute Gasteiger partial charge is 0.462 e. The Balaban J connectivity index is 2.14. The maximum absolute atomic E-state index is 11.7. The number of hydrogen-bond acceptors (Lipinski definition) is 7. The molecule has 7 nitrogen and oxygen atoms in total. The van der Waals surface area contributed by atoms with Crippen LogP contribution < -0.4 is 5.73 Å². The number of anilines is 1. The van der Waals surface area contributed by atoms with Gasteiger partial charge < -0.3 is 15.2 Å². The molecule has 1 aliphatic heterocycles. The molecular formula is C14H22N4O3. The molecule has 2 N–H and O–H groups in total. The minimum absolute atomic E-state index is 0.128. The number of ether oxygens (including phenoxy) is 2. The first-order valence-corrected chi connectivity index (χ1v) is 7.18. The Kier molecular flexibility index (Phi) is 5.08. The number of carbonyl (C=O) groups is 1. The number of nitrogens with two attached hydrogens (primary N) is 1. The molecule has 0 aromatic carbocycles. The van der Waals surface area contributed by atoms with Crippen LogP contribution in [0.15, 0.2) is 6.20 Å². The summed E-state index contributed by atoms with van der Waals surface area (Å²) < 4.78 is 10.6. The topological polar surface area (TPSA) is 90.6 Å². The number of carbonyl (C=O) groups excluding carboxylic acids is 1. The van der Waals surface area contributed by atoms with Gasteiger partial charge >= 0.3 is 5.97 Å². The van der Waals surface area contributed by atoms with Gasteiger partial charge in [0.1, 0.15) is 17.5 Å². The first-order chi connectivity index (χ1) is 10.0. The van der Waals surface area contributed by atoms with E-state index in [0.29, 0.717) is 18.5 Å². The number of rotatable bonds is 4. The highest BCUT2D eigenvalue weighted by Gasteiger charge is 2.26. The molecule has 1 saturated heterocycles. The van der Waals surface area contributed by atoms with Crippen LogP contribution in [-0.4, -0.2) is 53.2 Å². The standard InChI is InChI=1S/C14H22N4O3/c1-4-20-14(19)10-7-16-13(17-12(10)15)11-8-18(9(2)3)5-6-21-11/h7,9,11H,4-6,8H2,1-3H3,(H2,15,16,17). The number of nitrogen functional groups attached to an aromatic ring is 1. The third-order valence-corrected chi connectivity index (χ3v) is 3.45. The molecule has 0 radical (unpaired) electrons. The molecule has 2 rings (SSSR count). The van der Waals surface area contributed by atoms with E-state index in [2.05, 4.69) is 28.7 Å². The fraction of sp³-hybridized carbons (Fsp3) is 0.643. The maximum atomic E-state index is 11.7. The first kappa shape index (κ1) is 15.7. The van der Waals surface area contributed by atoms with Crippen LogP contribution in [-0.2, 0) is 9.47 Å². The predicted molar refractivity (Wildman–Crippen MR) is 77.8 cm³/mol. The van der Waals surface area contributed by atoms with Crippen LogP contribution in [0.4, 0.5) is 5.82 Å². The van der Waals surface area contributed by atoms with Crippen LogP contribution in [0, 0.1) is 0 Å². The third-order valence-electron chi connectivity index (χ3n) is 3.45. The van der Waals surface area contributed by atoms with E-state index in [9.17, 15) is 4.79 Å². The summed E-state index contributed by atoms with van der Waals surface area (Å²) in [5.41, 5.74) is 6.02. The fourth-order valence-electron chi connectivity index (χ4n) is 2.22. The molecule has 0 bridgehead atoms. The van der Waals surface area contributed by atoms with Crippen molar-refractivity contribution >= 4 is 11.8 Å². The zero-order valence-electron chi connectivity index (χ0n) is 12.7. The van der Waals surface area contributed by atoms with Crippen molar-refractivity contribution in [1.82, 2.24) is 14.9 Å². The van der Waals surface area contributed by atoms with Gasteiger partial charge in [-0.25, -0.2) is 14.8 Å². The van der Waals surface area contributed by atoms with Crippen LogP contribution in [0.2, 0.25) is 0 Å². The Morgan fingerprint density at radius 1 is 1.62 bits per heavy atom. The molecule has 116 valence electrons. The number of esters is 1. The lowest BCUT2D eigenvalue weighted by Gasteiger charge is -2.34. The summed E-state index contributed by atoms with van der Waals surface area (Å²) in [6.45, 7) is 8.55. The lowest BCUT2D eigenvalue weighted by Crippen LogP contribution is -2.42. The fourth-order valence-corrected chi connectivity index (χ4v) is 2.22. The Morgan fingerprint density at radius 2 is 2.38 bits per heavy atom. The second kappa shape index (κ2) is 6.82. The normalized spacial score (nSPS) is 19.7. The highest BCUT2D eigenvalue weighted by molar-refractivity contribution is 5.93. The molecule has 1 unspecified atom stereocenters. The second-order valence-corrected chi connectivity index (χ2v) is 5.20. The first-order valence-electron chi connectivity index (χ1n) is 7.18. The molecule has 1 atom stereocenters. The Labute approximate surface area is 124 Å². The van der Waals surface area contributed by atoms with Gasteiger partial charge in [-0.1, -0.05) is 0 Å². The smallest absolute Gasteiger partial charge is 0.343 e. The molecule has 0 saturated carbocycles. The highest BCUT2D eigenvalue weighted by atomic mass is 16.5.